The number of rotatable bonds is 18. The van der Waals surface area contributed by atoms with Gasteiger partial charge in [0.1, 0.15) is 11.9 Å². The molecule has 1 aromatic carbocycles. The van der Waals surface area contributed by atoms with E-state index in [9.17, 15) is 8.78 Å². The minimum atomic E-state index is -0.943. The third-order valence-electron chi connectivity index (χ3n) is 6.06. The normalized spacial score (nSPS) is 13.1. The van der Waals surface area contributed by atoms with Gasteiger partial charge >= 0.3 is 0 Å². The molecule has 0 saturated carbocycles. The second-order valence-electron chi connectivity index (χ2n) is 8.98. The van der Waals surface area contributed by atoms with Crippen molar-refractivity contribution in [2.24, 2.45) is 0 Å². The first-order valence-electron chi connectivity index (χ1n) is 12.9. The van der Waals surface area contributed by atoms with Gasteiger partial charge in [-0.1, -0.05) is 52.4 Å². The molecule has 2 rings (SSSR count). The topological polar surface area (TPSA) is 35.0 Å². The van der Waals surface area contributed by atoms with E-state index in [1.807, 2.05) is 43.6 Å². The number of halogens is 2. The number of unbranched alkanes of at least 4 members (excludes halogenated alkanes) is 6. The molecule has 5 heteroatoms. The zero-order valence-corrected chi connectivity index (χ0v) is 20.6. The van der Waals surface area contributed by atoms with E-state index in [4.69, 9.17) is 4.74 Å². The Morgan fingerprint density at radius 2 is 1.39 bits per heavy atom. The third-order valence-corrected chi connectivity index (χ3v) is 6.06. The largest absolute Gasteiger partial charge is 0.493 e. The van der Waals surface area contributed by atoms with Gasteiger partial charge in [-0.05, 0) is 68.4 Å². The van der Waals surface area contributed by atoms with Gasteiger partial charge in [0.05, 0.1) is 12.8 Å². The molecule has 2 aromatic rings. The predicted octanol–water partition coefficient (Wildman–Crippen LogP) is 8.46. The third kappa shape index (κ3) is 11.6. The summed E-state index contributed by atoms with van der Waals surface area (Å²) in [5.74, 6) is 1.41. The Labute approximate surface area is 199 Å². The average molecular weight is 461 g/mol. The number of aromatic nitrogens is 2. The van der Waals surface area contributed by atoms with Crippen molar-refractivity contribution in [2.45, 2.75) is 110 Å². The molecule has 0 bridgehead atoms. The minimum Gasteiger partial charge on any atom is -0.493 e. The standard InChI is InChI=1S/C28H42F2N2O/c1-3-5-6-7-8-9-10-12-23-21-31-28(32-22-23)24-15-17-27(18-16-24)33-20-19-26(30)14-11-13-25(29)4-2/h15-18,21-22,25-26H,3-14,19-20H2,1-2H3. The maximum atomic E-state index is 13.9. The van der Waals surface area contributed by atoms with E-state index >= 15 is 0 Å². The number of aryl methyl sites for hydroxylation is 1. The lowest BCUT2D eigenvalue weighted by Crippen LogP contribution is -2.09. The molecule has 0 aliphatic heterocycles. The number of hydrogen-bond donors (Lipinski definition) is 0. The Hall–Kier alpha value is -2.04. The van der Waals surface area contributed by atoms with E-state index in [1.165, 1.54) is 50.5 Å². The Balaban J connectivity index is 1.66. The van der Waals surface area contributed by atoms with Crippen LogP contribution in [0, 0.1) is 0 Å². The first-order valence-corrected chi connectivity index (χ1v) is 12.9. The van der Waals surface area contributed by atoms with Crippen molar-refractivity contribution in [2.75, 3.05) is 6.61 Å². The fourth-order valence-electron chi connectivity index (χ4n) is 3.83. The molecule has 0 fully saturated rings. The number of hydrogen-bond acceptors (Lipinski definition) is 3. The number of benzene rings is 1. The molecule has 0 saturated heterocycles. The van der Waals surface area contributed by atoms with E-state index in [1.54, 1.807) is 0 Å². The van der Waals surface area contributed by atoms with Gasteiger partial charge in [-0.2, -0.15) is 0 Å². The van der Waals surface area contributed by atoms with Crippen molar-refractivity contribution in [3.63, 3.8) is 0 Å². The van der Waals surface area contributed by atoms with Gasteiger partial charge in [0, 0.05) is 24.4 Å². The molecule has 0 spiro atoms. The lowest BCUT2D eigenvalue weighted by Gasteiger charge is -2.11. The van der Waals surface area contributed by atoms with Crippen LogP contribution in [0.5, 0.6) is 5.75 Å². The molecule has 2 unspecified atom stereocenters. The van der Waals surface area contributed by atoms with Gasteiger partial charge in [-0.25, -0.2) is 18.7 Å². The second-order valence-corrected chi connectivity index (χ2v) is 8.98. The molecule has 184 valence electrons. The zero-order valence-electron chi connectivity index (χ0n) is 20.6. The highest BCUT2D eigenvalue weighted by molar-refractivity contribution is 5.55. The molecular weight excluding hydrogens is 418 g/mol. The fraction of sp³-hybridized carbons (Fsp3) is 0.643. The van der Waals surface area contributed by atoms with Gasteiger partial charge in [0.2, 0.25) is 0 Å². The molecule has 0 radical (unpaired) electrons. The number of nitrogens with zero attached hydrogens (tertiary/aromatic N) is 2. The summed E-state index contributed by atoms with van der Waals surface area (Å²) in [6.07, 6.45) is 14.5. The SMILES string of the molecule is CCCCCCCCCc1cnc(-c2ccc(OCCC(F)CCCC(F)CC)cc2)nc1. The molecule has 3 nitrogen and oxygen atoms in total. The monoisotopic (exact) mass is 460 g/mol. The summed E-state index contributed by atoms with van der Waals surface area (Å²) in [6.45, 7) is 4.38. The highest BCUT2D eigenvalue weighted by atomic mass is 19.1. The van der Waals surface area contributed by atoms with Crippen molar-refractivity contribution in [3.05, 3.63) is 42.2 Å². The summed E-state index contributed by atoms with van der Waals surface area (Å²) in [7, 11) is 0. The van der Waals surface area contributed by atoms with Crippen LogP contribution in [-0.4, -0.2) is 28.9 Å². The lowest BCUT2D eigenvalue weighted by molar-refractivity contribution is 0.214. The van der Waals surface area contributed by atoms with Gasteiger partial charge in [-0.15, -0.1) is 0 Å². The summed E-state index contributed by atoms with van der Waals surface area (Å²) in [5.41, 5.74) is 2.12. The van der Waals surface area contributed by atoms with E-state index < -0.39 is 12.3 Å². The first-order chi connectivity index (χ1) is 16.1. The van der Waals surface area contributed by atoms with Gasteiger partial charge < -0.3 is 4.74 Å². The van der Waals surface area contributed by atoms with E-state index in [-0.39, 0.29) is 0 Å². The molecule has 2 atom stereocenters. The summed E-state index contributed by atoms with van der Waals surface area (Å²) >= 11 is 0. The molecule has 33 heavy (non-hydrogen) atoms. The molecule has 1 heterocycles. The number of alkyl halides is 2. The van der Waals surface area contributed by atoms with Crippen molar-refractivity contribution < 1.29 is 13.5 Å². The maximum Gasteiger partial charge on any atom is 0.159 e. The van der Waals surface area contributed by atoms with Crippen LogP contribution >= 0.6 is 0 Å². The van der Waals surface area contributed by atoms with Crippen LogP contribution in [0.4, 0.5) is 8.78 Å². The molecule has 0 aliphatic rings. The van der Waals surface area contributed by atoms with Gasteiger partial charge in [-0.3, -0.25) is 0 Å². The fourth-order valence-corrected chi connectivity index (χ4v) is 3.83. The van der Waals surface area contributed by atoms with Crippen LogP contribution in [0.15, 0.2) is 36.7 Å². The van der Waals surface area contributed by atoms with Gasteiger partial charge in [0.15, 0.2) is 5.82 Å². The zero-order chi connectivity index (χ0) is 23.7. The smallest absolute Gasteiger partial charge is 0.159 e. The maximum absolute atomic E-state index is 13.9. The summed E-state index contributed by atoms with van der Waals surface area (Å²) in [5, 5.41) is 0. The average Bonchev–Trinajstić information content (AvgIpc) is 2.84. The first kappa shape index (κ1) is 27.2. The molecule has 0 N–H and O–H groups in total. The Morgan fingerprint density at radius 1 is 0.758 bits per heavy atom. The van der Waals surface area contributed by atoms with E-state index in [0.29, 0.717) is 50.3 Å². The minimum absolute atomic E-state index is 0.317. The molecule has 0 aliphatic carbocycles. The number of ether oxygens (including phenoxy) is 1. The lowest BCUT2D eigenvalue weighted by atomic mass is 10.1. The highest BCUT2D eigenvalue weighted by Gasteiger charge is 2.10. The summed E-state index contributed by atoms with van der Waals surface area (Å²) in [4.78, 5) is 9.04. The van der Waals surface area contributed by atoms with Crippen LogP contribution in [0.25, 0.3) is 11.4 Å². The van der Waals surface area contributed by atoms with E-state index in [0.717, 1.165) is 12.0 Å². The van der Waals surface area contributed by atoms with Crippen molar-refractivity contribution in [1.29, 1.82) is 0 Å². The van der Waals surface area contributed by atoms with E-state index in [2.05, 4.69) is 16.9 Å². The highest BCUT2D eigenvalue weighted by Crippen LogP contribution is 2.20. The summed E-state index contributed by atoms with van der Waals surface area (Å²) in [6, 6.07) is 7.60. The van der Waals surface area contributed by atoms with Crippen LogP contribution in [0.3, 0.4) is 0 Å². The summed E-state index contributed by atoms with van der Waals surface area (Å²) < 4.78 is 32.8. The van der Waals surface area contributed by atoms with Crippen LogP contribution in [0.1, 0.15) is 96.5 Å². The Morgan fingerprint density at radius 3 is 2.06 bits per heavy atom. The van der Waals surface area contributed by atoms with Gasteiger partial charge in [0.25, 0.3) is 0 Å². The molecule has 0 amide bonds. The van der Waals surface area contributed by atoms with Crippen LogP contribution in [0.2, 0.25) is 0 Å². The van der Waals surface area contributed by atoms with Crippen LogP contribution in [-0.2, 0) is 6.42 Å². The Bertz CT molecular complexity index is 737. The quantitative estimate of drug-likeness (QED) is 0.209. The predicted molar refractivity (Wildman–Crippen MR) is 133 cm³/mol. The van der Waals surface area contributed by atoms with Crippen molar-refractivity contribution >= 4 is 0 Å². The van der Waals surface area contributed by atoms with Crippen LogP contribution < -0.4 is 4.74 Å². The second kappa shape index (κ2) is 16.6. The Kier molecular flexibility index (Phi) is 13.6. The van der Waals surface area contributed by atoms with Crippen molar-refractivity contribution in [3.8, 4) is 17.1 Å². The molecular formula is C28H42F2N2O. The van der Waals surface area contributed by atoms with Crippen molar-refractivity contribution in [1.82, 2.24) is 9.97 Å². The molecule has 1 aromatic heterocycles.